The summed E-state index contributed by atoms with van der Waals surface area (Å²) < 4.78 is 7.49. The van der Waals surface area contributed by atoms with Gasteiger partial charge in [0.1, 0.15) is 6.10 Å². The molecule has 2 aliphatic heterocycles. The quantitative estimate of drug-likeness (QED) is 0.887. The maximum atomic E-state index is 12.8. The number of aromatic nitrogens is 2. The van der Waals surface area contributed by atoms with Crippen LogP contribution in [0, 0.1) is 17.8 Å². The van der Waals surface area contributed by atoms with Gasteiger partial charge >= 0.3 is 5.97 Å². The van der Waals surface area contributed by atoms with Gasteiger partial charge < -0.3 is 14.7 Å². The predicted octanol–water partition coefficient (Wildman–Crippen LogP) is 0.862. The van der Waals surface area contributed by atoms with E-state index in [-0.39, 0.29) is 29.6 Å². The molecule has 0 bridgehead atoms. The summed E-state index contributed by atoms with van der Waals surface area (Å²) in [7, 11) is 1.90. The molecule has 1 unspecified atom stereocenters. The van der Waals surface area contributed by atoms with Crippen LogP contribution in [0.1, 0.15) is 30.9 Å². The van der Waals surface area contributed by atoms with Crippen LogP contribution >= 0.6 is 0 Å². The molecule has 5 atom stereocenters. The van der Waals surface area contributed by atoms with Crippen molar-refractivity contribution in [3.05, 3.63) is 18.0 Å². The van der Waals surface area contributed by atoms with Crippen molar-refractivity contribution < 1.29 is 19.4 Å². The highest BCUT2D eigenvalue weighted by atomic mass is 16.5. The van der Waals surface area contributed by atoms with Gasteiger partial charge in [-0.3, -0.25) is 14.3 Å². The van der Waals surface area contributed by atoms with Gasteiger partial charge in [-0.2, -0.15) is 5.10 Å². The Hall–Kier alpha value is -1.89. The van der Waals surface area contributed by atoms with Crippen molar-refractivity contribution in [1.82, 2.24) is 14.7 Å². The van der Waals surface area contributed by atoms with Gasteiger partial charge in [-0.05, 0) is 37.2 Å². The molecule has 1 aliphatic carbocycles. The third kappa shape index (κ3) is 2.70. The number of piperidine rings is 1. The molecule has 3 fully saturated rings. The number of carbonyl (C=O) groups excluding carboxylic acids is 1. The average molecular weight is 333 g/mol. The van der Waals surface area contributed by atoms with Gasteiger partial charge in [0.25, 0.3) is 5.91 Å². The number of carboxylic acids is 1. The Morgan fingerprint density at radius 2 is 2.21 bits per heavy atom. The number of hydrogen-bond acceptors (Lipinski definition) is 4. The SMILES string of the molecule is Cn1ccc(C2CCCN(C(=O)[C@@H]3C[C@H]4[C@@H](CO3)[C@H]4C(=O)O)C2)n1. The molecule has 1 aromatic rings. The molecule has 130 valence electrons. The molecule has 0 aromatic carbocycles. The third-order valence-corrected chi connectivity index (χ3v) is 5.75. The number of rotatable bonds is 3. The second kappa shape index (κ2) is 5.88. The van der Waals surface area contributed by atoms with Crippen LogP contribution in [0.2, 0.25) is 0 Å². The van der Waals surface area contributed by atoms with Crippen molar-refractivity contribution in [1.29, 1.82) is 0 Å². The highest BCUT2D eigenvalue weighted by Gasteiger charge is 2.59. The highest BCUT2D eigenvalue weighted by Crippen LogP contribution is 2.52. The van der Waals surface area contributed by atoms with Crippen LogP contribution in [0.3, 0.4) is 0 Å². The van der Waals surface area contributed by atoms with E-state index in [1.165, 1.54) is 0 Å². The molecular weight excluding hydrogens is 310 g/mol. The molecular formula is C17H23N3O4. The summed E-state index contributed by atoms with van der Waals surface area (Å²) >= 11 is 0. The summed E-state index contributed by atoms with van der Waals surface area (Å²) in [6.07, 6.45) is 4.00. The fraction of sp³-hybridized carbons (Fsp3) is 0.706. The van der Waals surface area contributed by atoms with E-state index in [1.807, 2.05) is 24.2 Å². The lowest BCUT2D eigenvalue weighted by Gasteiger charge is -2.35. The molecule has 1 amide bonds. The number of nitrogens with zero attached hydrogens (tertiary/aromatic N) is 3. The van der Waals surface area contributed by atoms with Crippen LogP contribution in [-0.2, 0) is 21.4 Å². The van der Waals surface area contributed by atoms with E-state index in [0.29, 0.717) is 19.6 Å². The molecule has 4 rings (SSSR count). The molecule has 1 N–H and O–H groups in total. The van der Waals surface area contributed by atoms with Crippen molar-refractivity contribution in [3.63, 3.8) is 0 Å². The first-order chi connectivity index (χ1) is 11.5. The van der Waals surface area contributed by atoms with Crippen molar-refractivity contribution in [3.8, 4) is 0 Å². The highest BCUT2D eigenvalue weighted by molar-refractivity contribution is 5.82. The number of hydrogen-bond donors (Lipinski definition) is 1. The topological polar surface area (TPSA) is 84.7 Å². The van der Waals surface area contributed by atoms with Crippen molar-refractivity contribution in [2.24, 2.45) is 24.8 Å². The summed E-state index contributed by atoms with van der Waals surface area (Å²) in [6.45, 7) is 1.82. The molecule has 0 spiro atoms. The zero-order valence-electron chi connectivity index (χ0n) is 13.8. The summed E-state index contributed by atoms with van der Waals surface area (Å²) in [5.74, 6) is -0.561. The number of aryl methyl sites for hydroxylation is 1. The van der Waals surface area contributed by atoms with Crippen LogP contribution in [-0.4, -0.2) is 57.5 Å². The van der Waals surface area contributed by atoms with Crippen molar-refractivity contribution in [2.45, 2.75) is 31.3 Å². The van der Waals surface area contributed by atoms with Gasteiger partial charge in [0, 0.05) is 32.3 Å². The van der Waals surface area contributed by atoms with Gasteiger partial charge in [-0.25, -0.2) is 0 Å². The number of likely N-dealkylation sites (tertiary alicyclic amines) is 1. The Balaban J connectivity index is 1.38. The standard InChI is InChI=1S/C17H23N3O4/c1-19-6-4-13(18-19)10-3-2-5-20(8-10)16(21)14-7-11-12(9-24-14)15(11)17(22)23/h4,6,10-12,14-15H,2-3,5,7-9H2,1H3,(H,22,23)/t10?,11-,12+,14-,15-/m0/s1. The lowest BCUT2D eigenvalue weighted by molar-refractivity contribution is -0.148. The van der Waals surface area contributed by atoms with E-state index in [0.717, 1.165) is 25.1 Å². The molecule has 7 heteroatoms. The number of carboxylic acid groups (broad SMARTS) is 1. The minimum absolute atomic E-state index is 0.0186. The smallest absolute Gasteiger partial charge is 0.307 e. The van der Waals surface area contributed by atoms with Gasteiger partial charge in [0.15, 0.2) is 0 Å². The lowest BCUT2D eigenvalue weighted by atomic mass is 9.94. The molecule has 24 heavy (non-hydrogen) atoms. The predicted molar refractivity (Wildman–Crippen MR) is 84.2 cm³/mol. The lowest BCUT2D eigenvalue weighted by Crippen LogP contribution is -2.46. The van der Waals surface area contributed by atoms with E-state index in [2.05, 4.69) is 5.10 Å². The summed E-state index contributed by atoms with van der Waals surface area (Å²) in [5.41, 5.74) is 1.03. The number of fused-ring (bicyclic) bond motifs is 1. The first kappa shape index (κ1) is 15.6. The zero-order chi connectivity index (χ0) is 16.8. The van der Waals surface area contributed by atoms with Crippen molar-refractivity contribution in [2.75, 3.05) is 19.7 Å². The van der Waals surface area contributed by atoms with Crippen molar-refractivity contribution >= 4 is 11.9 Å². The largest absolute Gasteiger partial charge is 0.481 e. The molecule has 3 aliphatic rings. The van der Waals surface area contributed by atoms with E-state index in [1.54, 1.807) is 4.68 Å². The normalized spacial score (nSPS) is 35.4. The second-order valence-electron chi connectivity index (χ2n) is 7.29. The van der Waals surface area contributed by atoms with Gasteiger partial charge in [0.05, 0.1) is 18.2 Å². The van der Waals surface area contributed by atoms with Crippen LogP contribution in [0.15, 0.2) is 12.3 Å². The third-order valence-electron chi connectivity index (χ3n) is 5.75. The Bertz CT molecular complexity index is 658. The van der Waals surface area contributed by atoms with Crippen LogP contribution < -0.4 is 0 Å². The molecule has 7 nitrogen and oxygen atoms in total. The van der Waals surface area contributed by atoms with Crippen LogP contribution in [0.25, 0.3) is 0 Å². The molecule has 3 heterocycles. The minimum atomic E-state index is -0.755. The van der Waals surface area contributed by atoms with E-state index in [4.69, 9.17) is 9.84 Å². The zero-order valence-corrected chi connectivity index (χ0v) is 13.8. The second-order valence-corrected chi connectivity index (χ2v) is 7.29. The number of amides is 1. The number of aliphatic carboxylic acids is 1. The first-order valence-electron chi connectivity index (χ1n) is 8.67. The monoisotopic (exact) mass is 333 g/mol. The maximum absolute atomic E-state index is 12.8. The fourth-order valence-electron chi connectivity index (χ4n) is 4.35. The molecule has 1 saturated carbocycles. The van der Waals surface area contributed by atoms with E-state index >= 15 is 0 Å². The van der Waals surface area contributed by atoms with Crippen LogP contribution in [0.4, 0.5) is 0 Å². The Kier molecular flexibility index (Phi) is 3.83. The Morgan fingerprint density at radius 3 is 2.92 bits per heavy atom. The fourth-order valence-corrected chi connectivity index (χ4v) is 4.35. The maximum Gasteiger partial charge on any atom is 0.307 e. The molecule has 1 aromatic heterocycles. The Labute approximate surface area is 140 Å². The Morgan fingerprint density at radius 1 is 1.38 bits per heavy atom. The van der Waals surface area contributed by atoms with Gasteiger partial charge in [0.2, 0.25) is 0 Å². The molecule has 2 saturated heterocycles. The first-order valence-corrected chi connectivity index (χ1v) is 8.67. The van der Waals surface area contributed by atoms with Gasteiger partial charge in [-0.1, -0.05) is 0 Å². The van der Waals surface area contributed by atoms with Crippen LogP contribution in [0.5, 0.6) is 0 Å². The van der Waals surface area contributed by atoms with Gasteiger partial charge in [-0.15, -0.1) is 0 Å². The summed E-state index contributed by atoms with van der Waals surface area (Å²) in [4.78, 5) is 25.8. The number of ether oxygens (including phenoxy) is 1. The minimum Gasteiger partial charge on any atom is -0.481 e. The number of carbonyl (C=O) groups is 2. The summed E-state index contributed by atoms with van der Waals surface area (Å²) in [5, 5.41) is 13.6. The summed E-state index contributed by atoms with van der Waals surface area (Å²) in [6, 6.07) is 2.02. The van der Waals surface area contributed by atoms with E-state index < -0.39 is 12.1 Å². The average Bonchev–Trinajstić information content (AvgIpc) is 3.16. The molecule has 0 radical (unpaired) electrons. The van der Waals surface area contributed by atoms with E-state index in [9.17, 15) is 9.59 Å².